The van der Waals surface area contributed by atoms with Gasteiger partial charge >= 0.3 is 5.97 Å². The Morgan fingerprint density at radius 2 is 1.71 bits per heavy atom. The zero-order valence-electron chi connectivity index (χ0n) is 25.5. The number of carbonyl (C=O) groups excluding carboxylic acids is 2. The van der Waals surface area contributed by atoms with E-state index in [1.54, 1.807) is 9.78 Å². The summed E-state index contributed by atoms with van der Waals surface area (Å²) in [6, 6.07) is 5.60. The van der Waals surface area contributed by atoms with E-state index in [1.807, 2.05) is 23.1 Å². The quantitative estimate of drug-likeness (QED) is 0.197. The maximum absolute atomic E-state index is 14.0. The van der Waals surface area contributed by atoms with Gasteiger partial charge in [-0.15, -0.1) is 11.3 Å². The smallest absolute Gasteiger partial charge is 0.348 e. The van der Waals surface area contributed by atoms with Crippen LogP contribution in [0.3, 0.4) is 0 Å². The molecule has 0 aliphatic carbocycles. The fourth-order valence-electron chi connectivity index (χ4n) is 5.81. The van der Waals surface area contributed by atoms with Gasteiger partial charge < -0.3 is 19.1 Å². The number of hydrogen-bond donors (Lipinski definition) is 0. The van der Waals surface area contributed by atoms with Gasteiger partial charge in [0.05, 0.1) is 29.0 Å². The van der Waals surface area contributed by atoms with E-state index >= 15 is 0 Å². The van der Waals surface area contributed by atoms with Crippen molar-refractivity contribution in [2.24, 2.45) is 11.8 Å². The Morgan fingerprint density at radius 3 is 2.36 bits per heavy atom. The molecule has 1 amide bonds. The second kappa shape index (κ2) is 13.0. The van der Waals surface area contributed by atoms with Gasteiger partial charge in [-0.2, -0.15) is 0 Å². The molecule has 5 rings (SSSR count). The summed E-state index contributed by atoms with van der Waals surface area (Å²) in [4.78, 5) is 49.9. The highest BCUT2D eigenvalue weighted by Gasteiger charge is 2.24. The molecule has 0 bridgehead atoms. The lowest BCUT2D eigenvalue weighted by Gasteiger charge is -2.24. The van der Waals surface area contributed by atoms with Crippen LogP contribution in [-0.2, 0) is 11.3 Å². The number of imidazole rings is 1. The van der Waals surface area contributed by atoms with Crippen LogP contribution in [0.25, 0.3) is 27.7 Å². The summed E-state index contributed by atoms with van der Waals surface area (Å²) in [5, 5.41) is 2.01. The summed E-state index contributed by atoms with van der Waals surface area (Å²) in [5.41, 5.74) is 2.28. The summed E-state index contributed by atoms with van der Waals surface area (Å²) in [6.45, 7) is 14.0. The zero-order valence-corrected chi connectivity index (χ0v) is 26.3. The van der Waals surface area contributed by atoms with Crippen molar-refractivity contribution in [1.29, 1.82) is 0 Å². The number of methoxy groups -OCH3 is 1. The maximum atomic E-state index is 14.0. The van der Waals surface area contributed by atoms with Crippen molar-refractivity contribution >= 4 is 50.9 Å². The lowest BCUT2D eigenvalue weighted by atomic mass is 10.1. The molecule has 42 heavy (non-hydrogen) atoms. The number of ether oxygens (including phenoxy) is 1. The number of likely N-dealkylation sites (tertiary alicyclic amines) is 1. The highest BCUT2D eigenvalue weighted by atomic mass is 32.1. The Morgan fingerprint density at radius 1 is 1.02 bits per heavy atom. The molecular formula is C32H43N5O4S. The molecule has 3 aromatic heterocycles. The van der Waals surface area contributed by atoms with Gasteiger partial charge in [-0.3, -0.25) is 9.59 Å². The zero-order chi connectivity index (χ0) is 30.0. The molecule has 1 saturated heterocycles. The Labute approximate surface area is 251 Å². The molecule has 0 atom stereocenters. The van der Waals surface area contributed by atoms with Crippen LogP contribution in [0.2, 0.25) is 0 Å². The van der Waals surface area contributed by atoms with E-state index in [9.17, 15) is 14.4 Å². The molecule has 0 spiro atoms. The molecule has 0 N–H and O–H groups in total. The SMILES string of the molecule is COC(=O)c1scc2nc3n(CCCN4CCCC4)c4cc(C(=O)N(CCC(C)C)CCC(C)C)ccc4n3c(=O)c12. The number of esters is 1. The van der Waals surface area contributed by atoms with E-state index < -0.39 is 5.97 Å². The molecule has 1 aromatic carbocycles. The van der Waals surface area contributed by atoms with Crippen molar-refractivity contribution in [2.45, 2.75) is 66.3 Å². The molecule has 0 saturated carbocycles. The van der Waals surface area contributed by atoms with Crippen molar-refractivity contribution < 1.29 is 14.3 Å². The molecule has 4 aromatic rings. The average molecular weight is 594 g/mol. The standard InChI is InChI=1S/C32H43N5O4S/c1-21(2)11-17-35(18-12-22(3)4)29(38)23-9-10-25-26(19-23)36(16-8-15-34-13-6-7-14-34)32-33-24-20-42-28(31(40)41-5)27(24)30(39)37(25)32/h9-10,19-22H,6-8,11-18H2,1-5H3. The van der Waals surface area contributed by atoms with Crippen LogP contribution >= 0.6 is 11.3 Å². The third-order valence-corrected chi connectivity index (χ3v) is 9.22. The number of aryl methyl sites for hydroxylation is 1. The first-order valence-electron chi connectivity index (χ1n) is 15.3. The number of rotatable bonds is 12. The number of nitrogens with zero attached hydrogens (tertiary/aromatic N) is 5. The van der Waals surface area contributed by atoms with Gasteiger partial charge in [0, 0.05) is 30.6 Å². The fourth-order valence-corrected chi connectivity index (χ4v) is 6.70. The Balaban J connectivity index is 1.61. The summed E-state index contributed by atoms with van der Waals surface area (Å²) in [5.74, 6) is 1.00. The van der Waals surface area contributed by atoms with Crippen molar-refractivity contribution in [3.8, 4) is 0 Å². The first kappa shape index (κ1) is 30.2. The van der Waals surface area contributed by atoms with Gasteiger partial charge in [0.2, 0.25) is 5.78 Å². The number of thiophene rings is 1. The second-order valence-electron chi connectivity index (χ2n) is 12.3. The van der Waals surface area contributed by atoms with Crippen molar-refractivity contribution in [3.05, 3.63) is 44.4 Å². The Bertz CT molecular complexity index is 1630. The van der Waals surface area contributed by atoms with Crippen LogP contribution < -0.4 is 5.56 Å². The summed E-state index contributed by atoms with van der Waals surface area (Å²) in [7, 11) is 1.31. The summed E-state index contributed by atoms with van der Waals surface area (Å²) in [6.07, 6.45) is 5.27. The van der Waals surface area contributed by atoms with Crippen LogP contribution in [0.1, 0.15) is 79.8 Å². The maximum Gasteiger partial charge on any atom is 0.348 e. The first-order chi connectivity index (χ1) is 20.2. The average Bonchev–Trinajstić information content (AvgIpc) is 3.71. The van der Waals surface area contributed by atoms with E-state index in [0.717, 1.165) is 44.4 Å². The van der Waals surface area contributed by atoms with E-state index in [4.69, 9.17) is 9.72 Å². The van der Waals surface area contributed by atoms with E-state index in [-0.39, 0.29) is 21.7 Å². The molecule has 0 unspecified atom stereocenters. The van der Waals surface area contributed by atoms with Crippen molar-refractivity contribution in [3.63, 3.8) is 0 Å². The van der Waals surface area contributed by atoms with Crippen LogP contribution in [0, 0.1) is 11.8 Å². The lowest BCUT2D eigenvalue weighted by Crippen LogP contribution is -2.34. The Kier molecular flexibility index (Phi) is 9.32. The molecule has 10 heteroatoms. The largest absolute Gasteiger partial charge is 0.465 e. The van der Waals surface area contributed by atoms with Gasteiger partial charge in [0.1, 0.15) is 4.88 Å². The minimum absolute atomic E-state index is 0.0147. The van der Waals surface area contributed by atoms with E-state index in [1.165, 1.54) is 31.3 Å². The highest BCUT2D eigenvalue weighted by Crippen LogP contribution is 2.27. The van der Waals surface area contributed by atoms with Crippen LogP contribution in [0.4, 0.5) is 0 Å². The number of fused-ring (bicyclic) bond motifs is 4. The number of benzene rings is 1. The highest BCUT2D eigenvalue weighted by molar-refractivity contribution is 7.13. The molecule has 1 fully saturated rings. The van der Waals surface area contributed by atoms with Crippen LogP contribution in [-0.4, -0.2) is 75.5 Å². The normalized spacial score (nSPS) is 14.3. The van der Waals surface area contributed by atoms with Crippen molar-refractivity contribution in [1.82, 2.24) is 23.8 Å². The first-order valence-corrected chi connectivity index (χ1v) is 16.1. The van der Waals surface area contributed by atoms with Gasteiger partial charge in [-0.05, 0) is 81.8 Å². The number of amides is 1. The minimum atomic E-state index is -0.543. The molecule has 1 aliphatic rings. The predicted octanol–water partition coefficient (Wildman–Crippen LogP) is 5.67. The van der Waals surface area contributed by atoms with Gasteiger partial charge in [0.15, 0.2) is 0 Å². The summed E-state index contributed by atoms with van der Waals surface area (Å²) < 4.78 is 8.61. The third kappa shape index (κ3) is 6.10. The minimum Gasteiger partial charge on any atom is -0.465 e. The van der Waals surface area contributed by atoms with E-state index in [2.05, 4.69) is 37.2 Å². The summed E-state index contributed by atoms with van der Waals surface area (Å²) >= 11 is 1.18. The van der Waals surface area contributed by atoms with Gasteiger partial charge in [-0.1, -0.05) is 27.7 Å². The van der Waals surface area contributed by atoms with E-state index in [0.29, 0.717) is 53.8 Å². The molecule has 0 radical (unpaired) electrons. The molecule has 1 aliphatic heterocycles. The topological polar surface area (TPSA) is 89.2 Å². The third-order valence-electron chi connectivity index (χ3n) is 8.27. The molecule has 4 heterocycles. The van der Waals surface area contributed by atoms with Crippen LogP contribution in [0.15, 0.2) is 28.4 Å². The van der Waals surface area contributed by atoms with Gasteiger partial charge in [0.25, 0.3) is 11.5 Å². The molecule has 9 nitrogen and oxygen atoms in total. The van der Waals surface area contributed by atoms with Crippen LogP contribution in [0.5, 0.6) is 0 Å². The lowest BCUT2D eigenvalue weighted by molar-refractivity contribution is 0.0607. The number of aromatic nitrogens is 3. The fraction of sp³-hybridized carbons (Fsp3) is 0.562. The molecular weight excluding hydrogens is 550 g/mol. The number of hydrogen-bond acceptors (Lipinski definition) is 7. The number of carbonyl (C=O) groups is 2. The second-order valence-corrected chi connectivity index (χ2v) is 13.2. The monoisotopic (exact) mass is 593 g/mol. The van der Waals surface area contributed by atoms with Crippen molar-refractivity contribution in [2.75, 3.05) is 39.8 Å². The molecule has 226 valence electrons. The predicted molar refractivity (Wildman–Crippen MR) is 169 cm³/mol. The Hall–Kier alpha value is -3.24. The van der Waals surface area contributed by atoms with Gasteiger partial charge in [-0.25, -0.2) is 14.2 Å².